The second kappa shape index (κ2) is 10.1. The number of rotatable bonds is 9. The number of aromatic nitrogens is 3. The maximum absolute atomic E-state index is 12.8. The monoisotopic (exact) mass is 473 g/mol. The minimum absolute atomic E-state index is 0.120. The fourth-order valence-electron chi connectivity index (χ4n) is 4.04. The molecule has 0 saturated carbocycles. The van der Waals surface area contributed by atoms with E-state index in [0.29, 0.717) is 17.3 Å². The lowest BCUT2D eigenvalue weighted by molar-refractivity contribution is -0.0690. The Bertz CT molecular complexity index is 1250. The first-order chi connectivity index (χ1) is 16.3. The molecule has 0 bridgehead atoms. The standard InChI is InChI=1S/C25H23F4N3O2/c1-15(2)23(20-14-32(31-30-20)13-16-6-4-3-5-7-16)18-9-8-17-11-21(33-24(26)27)22(34-25(28)29)12-19(17)10-18/h3-12,14-15,23-25H,13H2,1-2H3. The van der Waals surface area contributed by atoms with Crippen molar-refractivity contribution in [2.75, 3.05) is 0 Å². The Morgan fingerprint density at radius 1 is 0.824 bits per heavy atom. The van der Waals surface area contributed by atoms with E-state index in [0.717, 1.165) is 16.8 Å². The Morgan fingerprint density at radius 2 is 1.47 bits per heavy atom. The van der Waals surface area contributed by atoms with Gasteiger partial charge in [-0.1, -0.05) is 67.6 Å². The van der Waals surface area contributed by atoms with Gasteiger partial charge in [-0.3, -0.25) is 0 Å². The molecule has 1 heterocycles. The number of hydrogen-bond acceptors (Lipinski definition) is 4. The van der Waals surface area contributed by atoms with Crippen molar-refractivity contribution < 1.29 is 27.0 Å². The molecule has 0 saturated heterocycles. The lowest BCUT2D eigenvalue weighted by Gasteiger charge is -2.20. The van der Waals surface area contributed by atoms with Crippen LogP contribution in [0.1, 0.15) is 36.6 Å². The van der Waals surface area contributed by atoms with E-state index in [-0.39, 0.29) is 11.8 Å². The first kappa shape index (κ1) is 23.5. The average Bonchev–Trinajstić information content (AvgIpc) is 3.21. The summed E-state index contributed by atoms with van der Waals surface area (Å²) in [6, 6.07) is 17.9. The number of benzene rings is 3. The number of hydrogen-bond donors (Lipinski definition) is 0. The normalized spacial score (nSPS) is 12.6. The van der Waals surface area contributed by atoms with E-state index in [2.05, 4.69) is 33.6 Å². The topological polar surface area (TPSA) is 49.2 Å². The third kappa shape index (κ3) is 5.47. The molecule has 178 valence electrons. The van der Waals surface area contributed by atoms with Crippen LogP contribution in [0.2, 0.25) is 0 Å². The van der Waals surface area contributed by atoms with Gasteiger partial charge in [0.25, 0.3) is 0 Å². The van der Waals surface area contributed by atoms with Gasteiger partial charge < -0.3 is 9.47 Å². The molecule has 0 N–H and O–H groups in total. The Balaban J connectivity index is 1.68. The van der Waals surface area contributed by atoms with Crippen LogP contribution in [-0.2, 0) is 6.54 Å². The highest BCUT2D eigenvalue weighted by Gasteiger charge is 2.23. The molecule has 34 heavy (non-hydrogen) atoms. The van der Waals surface area contributed by atoms with E-state index in [4.69, 9.17) is 0 Å². The highest BCUT2D eigenvalue weighted by molar-refractivity contribution is 5.87. The van der Waals surface area contributed by atoms with Crippen molar-refractivity contribution in [2.24, 2.45) is 5.92 Å². The highest BCUT2D eigenvalue weighted by Crippen LogP contribution is 2.38. The zero-order valence-corrected chi connectivity index (χ0v) is 18.5. The second-order valence-electron chi connectivity index (χ2n) is 8.21. The van der Waals surface area contributed by atoms with Crippen molar-refractivity contribution in [1.82, 2.24) is 15.0 Å². The van der Waals surface area contributed by atoms with Gasteiger partial charge in [-0.2, -0.15) is 17.6 Å². The molecule has 0 aliphatic heterocycles. The van der Waals surface area contributed by atoms with Crippen LogP contribution in [0.3, 0.4) is 0 Å². The fraction of sp³-hybridized carbons (Fsp3) is 0.280. The van der Waals surface area contributed by atoms with Gasteiger partial charge >= 0.3 is 13.2 Å². The Hall–Kier alpha value is -3.62. The highest BCUT2D eigenvalue weighted by atomic mass is 19.3. The zero-order chi connectivity index (χ0) is 24.2. The molecule has 0 aliphatic carbocycles. The molecule has 1 aromatic heterocycles. The van der Waals surface area contributed by atoms with Gasteiger partial charge in [-0.05, 0) is 39.9 Å². The lowest BCUT2D eigenvalue weighted by Crippen LogP contribution is -2.10. The van der Waals surface area contributed by atoms with Crippen molar-refractivity contribution in [3.8, 4) is 11.5 Å². The molecule has 0 spiro atoms. The first-order valence-electron chi connectivity index (χ1n) is 10.7. The van der Waals surface area contributed by atoms with E-state index < -0.39 is 24.7 Å². The molecular weight excluding hydrogens is 450 g/mol. The number of halogens is 4. The van der Waals surface area contributed by atoms with Crippen LogP contribution >= 0.6 is 0 Å². The van der Waals surface area contributed by atoms with E-state index in [1.165, 1.54) is 12.1 Å². The number of fused-ring (bicyclic) bond motifs is 1. The molecule has 0 fully saturated rings. The third-order valence-corrected chi connectivity index (χ3v) is 5.45. The van der Waals surface area contributed by atoms with Crippen LogP contribution in [0.25, 0.3) is 10.8 Å². The molecule has 9 heteroatoms. The molecular formula is C25H23F4N3O2. The van der Waals surface area contributed by atoms with Crippen molar-refractivity contribution in [2.45, 2.75) is 39.5 Å². The average molecular weight is 473 g/mol. The van der Waals surface area contributed by atoms with Crippen LogP contribution in [0.4, 0.5) is 17.6 Å². The summed E-state index contributed by atoms with van der Waals surface area (Å²) >= 11 is 0. The predicted octanol–water partition coefficient (Wildman–Crippen LogP) is 6.47. The molecule has 5 nitrogen and oxygen atoms in total. The minimum Gasteiger partial charge on any atom is -0.431 e. The molecule has 0 aliphatic rings. The minimum atomic E-state index is -3.18. The Morgan fingerprint density at radius 3 is 2.09 bits per heavy atom. The molecule has 4 rings (SSSR count). The van der Waals surface area contributed by atoms with Crippen LogP contribution in [-0.4, -0.2) is 28.2 Å². The summed E-state index contributed by atoms with van der Waals surface area (Å²) in [6.07, 6.45) is 1.90. The molecule has 4 aromatic rings. The largest absolute Gasteiger partial charge is 0.431 e. The Labute approximate surface area is 193 Å². The lowest BCUT2D eigenvalue weighted by atomic mass is 9.85. The van der Waals surface area contributed by atoms with E-state index in [1.54, 1.807) is 10.7 Å². The van der Waals surface area contributed by atoms with E-state index in [1.807, 2.05) is 48.7 Å². The third-order valence-electron chi connectivity index (χ3n) is 5.45. The van der Waals surface area contributed by atoms with Gasteiger partial charge in [0, 0.05) is 12.1 Å². The number of nitrogens with zero attached hydrogens (tertiary/aromatic N) is 3. The predicted molar refractivity (Wildman–Crippen MR) is 119 cm³/mol. The van der Waals surface area contributed by atoms with Gasteiger partial charge in [-0.15, -0.1) is 5.10 Å². The molecule has 0 radical (unpaired) electrons. The van der Waals surface area contributed by atoms with Crippen molar-refractivity contribution in [3.05, 3.63) is 83.7 Å². The summed E-state index contributed by atoms with van der Waals surface area (Å²) in [6.45, 7) is -1.66. The molecule has 3 aromatic carbocycles. The smallest absolute Gasteiger partial charge is 0.387 e. The van der Waals surface area contributed by atoms with Gasteiger partial charge in [-0.25, -0.2) is 4.68 Å². The van der Waals surface area contributed by atoms with Crippen LogP contribution in [0.15, 0.2) is 66.9 Å². The van der Waals surface area contributed by atoms with Crippen LogP contribution in [0.5, 0.6) is 11.5 Å². The van der Waals surface area contributed by atoms with Crippen LogP contribution in [0, 0.1) is 5.92 Å². The molecule has 1 unspecified atom stereocenters. The van der Waals surface area contributed by atoms with Crippen molar-refractivity contribution in [1.29, 1.82) is 0 Å². The fourth-order valence-corrected chi connectivity index (χ4v) is 4.04. The van der Waals surface area contributed by atoms with E-state index in [9.17, 15) is 17.6 Å². The SMILES string of the molecule is CC(C)C(c1ccc2cc(OC(F)F)c(OC(F)F)cc2c1)c1cn(Cc2ccccc2)nn1. The Kier molecular flexibility index (Phi) is 7.00. The number of alkyl halides is 4. The summed E-state index contributed by atoms with van der Waals surface area (Å²) in [4.78, 5) is 0. The maximum Gasteiger partial charge on any atom is 0.387 e. The summed E-state index contributed by atoms with van der Waals surface area (Å²) in [5.41, 5.74) is 2.76. The molecule has 0 amide bonds. The zero-order valence-electron chi connectivity index (χ0n) is 18.5. The maximum atomic E-state index is 12.8. The van der Waals surface area contributed by atoms with Crippen LogP contribution < -0.4 is 9.47 Å². The van der Waals surface area contributed by atoms with Gasteiger partial charge in [0.2, 0.25) is 0 Å². The second-order valence-corrected chi connectivity index (χ2v) is 8.21. The summed E-state index contributed by atoms with van der Waals surface area (Å²) < 4.78 is 61.8. The van der Waals surface area contributed by atoms with Gasteiger partial charge in [0.1, 0.15) is 0 Å². The summed E-state index contributed by atoms with van der Waals surface area (Å²) in [5.74, 6) is -0.863. The quantitative estimate of drug-likeness (QED) is 0.262. The summed E-state index contributed by atoms with van der Waals surface area (Å²) in [7, 11) is 0. The van der Waals surface area contributed by atoms with Gasteiger partial charge in [0.15, 0.2) is 11.5 Å². The van der Waals surface area contributed by atoms with Crippen molar-refractivity contribution >= 4 is 10.8 Å². The van der Waals surface area contributed by atoms with Crippen molar-refractivity contribution in [3.63, 3.8) is 0 Å². The van der Waals surface area contributed by atoms with E-state index >= 15 is 0 Å². The first-order valence-corrected chi connectivity index (χ1v) is 10.7. The summed E-state index contributed by atoms with van der Waals surface area (Å²) in [5, 5.41) is 9.75. The van der Waals surface area contributed by atoms with Gasteiger partial charge in [0.05, 0.1) is 12.2 Å². The number of ether oxygens (including phenoxy) is 2. The molecule has 1 atom stereocenters.